The number of sulfonamides is 1. The van der Waals surface area contributed by atoms with E-state index in [1.54, 1.807) is 6.07 Å². The molecule has 0 saturated heterocycles. The number of carboxylic acids is 1. The zero-order valence-corrected chi connectivity index (χ0v) is 15.9. The highest BCUT2D eigenvalue weighted by molar-refractivity contribution is 9.10. The molecule has 0 aliphatic heterocycles. The number of benzene rings is 2. The molecule has 0 saturated carbocycles. The monoisotopic (exact) mass is 471 g/mol. The van der Waals surface area contributed by atoms with Crippen molar-refractivity contribution in [1.29, 1.82) is 0 Å². The van der Waals surface area contributed by atoms with Crippen LogP contribution < -0.4 is 0 Å². The molecule has 2 aromatic rings. The fourth-order valence-electron chi connectivity index (χ4n) is 2.10. The van der Waals surface area contributed by atoms with E-state index in [1.807, 2.05) is 0 Å². The zero-order chi connectivity index (χ0) is 19.6. The lowest BCUT2D eigenvalue weighted by atomic mass is 10.2. The van der Waals surface area contributed by atoms with Gasteiger partial charge in [0.2, 0.25) is 10.0 Å². The van der Waals surface area contributed by atoms with Crippen LogP contribution in [0.2, 0.25) is 5.02 Å². The summed E-state index contributed by atoms with van der Waals surface area (Å²) >= 11 is 8.52. The first-order valence-corrected chi connectivity index (χ1v) is 9.45. The Balaban J connectivity index is 2.61. The summed E-state index contributed by atoms with van der Waals surface area (Å²) in [4.78, 5) is 9.74. The third-order valence-corrected chi connectivity index (χ3v) is 6.53. The van der Waals surface area contributed by atoms with Crippen LogP contribution in [0.25, 0.3) is 0 Å². The van der Waals surface area contributed by atoms with Crippen LogP contribution in [-0.2, 0) is 21.4 Å². The minimum atomic E-state index is -4.93. The average Bonchev–Trinajstić information content (AvgIpc) is 2.54. The van der Waals surface area contributed by atoms with Gasteiger partial charge in [-0.3, -0.25) is 4.79 Å². The number of hydrogen-bond donors (Lipinski definition) is 1. The van der Waals surface area contributed by atoms with Crippen LogP contribution in [0.4, 0.5) is 13.2 Å². The van der Waals surface area contributed by atoms with E-state index in [-0.39, 0.29) is 16.7 Å². The quantitative estimate of drug-likeness (QED) is 0.649. The lowest BCUT2D eigenvalue weighted by Gasteiger charge is -2.22. The molecule has 1 N–H and O–H groups in total. The van der Waals surface area contributed by atoms with Gasteiger partial charge in [-0.2, -0.15) is 4.31 Å². The van der Waals surface area contributed by atoms with Crippen molar-refractivity contribution in [2.45, 2.75) is 11.4 Å². The molecule has 26 heavy (non-hydrogen) atoms. The van der Waals surface area contributed by atoms with Crippen LogP contribution in [0.3, 0.4) is 0 Å². The normalized spacial score (nSPS) is 11.8. The number of hydrogen-bond acceptors (Lipinski definition) is 3. The van der Waals surface area contributed by atoms with Crippen LogP contribution >= 0.6 is 27.5 Å². The lowest BCUT2D eigenvalue weighted by Crippen LogP contribution is -2.36. The summed E-state index contributed by atoms with van der Waals surface area (Å²) < 4.78 is 66.3. The maximum atomic E-state index is 14.1. The Kier molecular flexibility index (Phi) is 6.33. The van der Waals surface area contributed by atoms with Gasteiger partial charge in [0, 0.05) is 17.6 Å². The average molecular weight is 473 g/mol. The molecule has 0 aliphatic rings. The maximum absolute atomic E-state index is 14.1. The molecule has 0 heterocycles. The predicted octanol–water partition coefficient (Wildman–Crippen LogP) is 3.80. The molecule has 140 valence electrons. The highest BCUT2D eigenvalue weighted by Gasteiger charge is 2.34. The topological polar surface area (TPSA) is 74.7 Å². The summed E-state index contributed by atoms with van der Waals surface area (Å²) in [5.41, 5.74) is 0.229. The molecule has 0 aromatic heterocycles. The van der Waals surface area contributed by atoms with Crippen molar-refractivity contribution < 1.29 is 31.5 Å². The lowest BCUT2D eigenvalue weighted by molar-refractivity contribution is -0.137. The van der Waals surface area contributed by atoms with Gasteiger partial charge >= 0.3 is 5.97 Å². The Bertz CT molecular complexity index is 945. The Morgan fingerprint density at radius 2 is 1.81 bits per heavy atom. The van der Waals surface area contributed by atoms with Crippen LogP contribution in [0.5, 0.6) is 0 Å². The van der Waals surface area contributed by atoms with Crippen molar-refractivity contribution >= 4 is 43.5 Å². The fraction of sp³-hybridized carbons (Fsp3) is 0.133. The van der Waals surface area contributed by atoms with Gasteiger partial charge in [-0.25, -0.2) is 21.6 Å². The van der Waals surface area contributed by atoms with E-state index in [0.29, 0.717) is 4.31 Å². The smallest absolute Gasteiger partial charge is 0.318 e. The SMILES string of the molecule is O=C(O)CN(Cc1ccccc1Cl)S(=O)(=O)c1c(F)c(F)cc(F)c1Br. The van der Waals surface area contributed by atoms with E-state index < -0.39 is 55.9 Å². The molecule has 0 atom stereocenters. The van der Waals surface area contributed by atoms with Crippen LogP contribution in [0.1, 0.15) is 5.56 Å². The molecule has 2 aromatic carbocycles. The molecule has 2 rings (SSSR count). The summed E-state index contributed by atoms with van der Waals surface area (Å²) in [6.45, 7) is -1.62. The van der Waals surface area contributed by atoms with E-state index in [4.69, 9.17) is 16.7 Å². The summed E-state index contributed by atoms with van der Waals surface area (Å²) in [6, 6.07) is 6.16. The summed E-state index contributed by atoms with van der Waals surface area (Å²) in [6.07, 6.45) is 0. The van der Waals surface area contributed by atoms with Crippen molar-refractivity contribution in [1.82, 2.24) is 4.31 Å². The van der Waals surface area contributed by atoms with Gasteiger partial charge in [-0.1, -0.05) is 29.8 Å². The van der Waals surface area contributed by atoms with Gasteiger partial charge in [0.1, 0.15) is 17.3 Å². The standard InChI is InChI=1S/C15H10BrClF3NO4S/c16-13-10(18)5-11(19)14(20)15(13)26(24,25)21(7-12(22)23)6-8-3-1-2-4-9(8)17/h1-5H,6-7H2,(H,22,23). The highest BCUT2D eigenvalue weighted by atomic mass is 79.9. The first-order valence-electron chi connectivity index (χ1n) is 6.84. The van der Waals surface area contributed by atoms with Crippen molar-refractivity contribution in [3.05, 3.63) is 62.8 Å². The van der Waals surface area contributed by atoms with Gasteiger partial charge in [0.25, 0.3) is 0 Å². The van der Waals surface area contributed by atoms with Crippen molar-refractivity contribution in [2.24, 2.45) is 0 Å². The second-order valence-corrected chi connectivity index (χ2v) is 8.13. The van der Waals surface area contributed by atoms with Crippen LogP contribution in [-0.4, -0.2) is 30.3 Å². The summed E-state index contributed by atoms with van der Waals surface area (Å²) in [7, 11) is -4.93. The molecule has 11 heteroatoms. The minimum Gasteiger partial charge on any atom is -0.480 e. The fourth-order valence-corrected chi connectivity index (χ4v) is 4.69. The van der Waals surface area contributed by atoms with E-state index in [0.717, 1.165) is 0 Å². The van der Waals surface area contributed by atoms with Crippen molar-refractivity contribution in [3.63, 3.8) is 0 Å². The van der Waals surface area contributed by atoms with E-state index >= 15 is 0 Å². The number of carboxylic acid groups (broad SMARTS) is 1. The van der Waals surface area contributed by atoms with E-state index in [2.05, 4.69) is 15.9 Å². The number of rotatable bonds is 6. The van der Waals surface area contributed by atoms with E-state index in [1.165, 1.54) is 18.2 Å². The van der Waals surface area contributed by atoms with Gasteiger partial charge in [0.15, 0.2) is 11.6 Å². The maximum Gasteiger partial charge on any atom is 0.318 e. The van der Waals surface area contributed by atoms with Gasteiger partial charge < -0.3 is 5.11 Å². The third kappa shape index (κ3) is 4.20. The molecule has 0 fully saturated rings. The van der Waals surface area contributed by atoms with Crippen molar-refractivity contribution in [2.75, 3.05) is 6.54 Å². The highest BCUT2D eigenvalue weighted by Crippen LogP contribution is 2.33. The first-order chi connectivity index (χ1) is 12.1. The Labute approximate surface area is 160 Å². The van der Waals surface area contributed by atoms with Crippen molar-refractivity contribution in [3.8, 4) is 0 Å². The van der Waals surface area contributed by atoms with Gasteiger partial charge in [0.05, 0.1) is 4.47 Å². The second-order valence-electron chi connectivity index (χ2n) is 5.06. The van der Waals surface area contributed by atoms with Crippen LogP contribution in [0.15, 0.2) is 39.7 Å². The number of aliphatic carboxylic acids is 1. The molecule has 0 unspecified atom stereocenters. The molecular formula is C15H10BrClF3NO4S. The minimum absolute atomic E-state index is 0.142. The first kappa shape index (κ1) is 20.7. The Morgan fingerprint density at radius 1 is 1.19 bits per heavy atom. The largest absolute Gasteiger partial charge is 0.480 e. The Morgan fingerprint density at radius 3 is 2.38 bits per heavy atom. The second kappa shape index (κ2) is 7.95. The molecule has 0 aliphatic carbocycles. The number of nitrogens with zero attached hydrogens (tertiary/aromatic N) is 1. The zero-order valence-electron chi connectivity index (χ0n) is 12.7. The summed E-state index contributed by atoms with van der Waals surface area (Å²) in [5, 5.41) is 9.14. The molecular weight excluding hydrogens is 463 g/mol. The molecule has 0 spiro atoms. The molecule has 0 radical (unpaired) electrons. The van der Waals surface area contributed by atoms with Crippen LogP contribution in [0, 0.1) is 17.5 Å². The van der Waals surface area contributed by atoms with Gasteiger partial charge in [-0.15, -0.1) is 0 Å². The Hall–Kier alpha value is -1.62. The summed E-state index contributed by atoms with van der Waals surface area (Å²) in [5.74, 6) is -6.45. The third-order valence-electron chi connectivity index (χ3n) is 3.29. The number of carbonyl (C=O) groups is 1. The van der Waals surface area contributed by atoms with Gasteiger partial charge in [-0.05, 0) is 27.6 Å². The molecule has 0 bridgehead atoms. The number of halogens is 5. The predicted molar refractivity (Wildman–Crippen MR) is 90.7 cm³/mol. The molecule has 5 nitrogen and oxygen atoms in total. The molecule has 0 amide bonds. The van der Waals surface area contributed by atoms with E-state index in [9.17, 15) is 26.4 Å².